The maximum atomic E-state index is 13.8. The van der Waals surface area contributed by atoms with E-state index in [2.05, 4.69) is 5.32 Å². The summed E-state index contributed by atoms with van der Waals surface area (Å²) in [6, 6.07) is 11.1. The zero-order valence-corrected chi connectivity index (χ0v) is 13.8. The quantitative estimate of drug-likeness (QED) is 0.781. The first-order chi connectivity index (χ1) is 10.4. The average Bonchev–Trinajstić information content (AvgIpc) is 2.45. The van der Waals surface area contributed by atoms with Crippen LogP contribution in [0.3, 0.4) is 0 Å². The van der Waals surface area contributed by atoms with Crippen LogP contribution in [0.1, 0.15) is 25.3 Å². The summed E-state index contributed by atoms with van der Waals surface area (Å²) in [4.78, 5) is 12.5. The Kier molecular flexibility index (Phi) is 5.43. The van der Waals surface area contributed by atoms with Gasteiger partial charge in [-0.15, -0.1) is 0 Å². The fourth-order valence-corrected chi connectivity index (χ4v) is 2.61. The second-order valence-electron chi connectivity index (χ2n) is 5.39. The lowest BCUT2D eigenvalue weighted by Gasteiger charge is -2.21. The highest BCUT2D eigenvalue weighted by atomic mass is 35.5. The lowest BCUT2D eigenvalue weighted by molar-refractivity contribution is -0.118. The summed E-state index contributed by atoms with van der Waals surface area (Å²) in [7, 11) is 0. The van der Waals surface area contributed by atoms with Crippen LogP contribution in [0, 0.1) is 11.7 Å². The van der Waals surface area contributed by atoms with Crippen molar-refractivity contribution in [3.63, 3.8) is 0 Å². The third-order valence-electron chi connectivity index (χ3n) is 3.36. The molecular formula is C17H16Cl2FNO. The zero-order chi connectivity index (χ0) is 16.3. The maximum Gasteiger partial charge on any atom is 0.232 e. The molecule has 0 heterocycles. The van der Waals surface area contributed by atoms with Crippen molar-refractivity contribution >= 4 is 34.8 Å². The van der Waals surface area contributed by atoms with E-state index >= 15 is 0 Å². The van der Waals surface area contributed by atoms with Gasteiger partial charge in [0.05, 0.1) is 11.6 Å². The Morgan fingerprint density at radius 2 is 1.64 bits per heavy atom. The zero-order valence-electron chi connectivity index (χ0n) is 12.2. The van der Waals surface area contributed by atoms with Gasteiger partial charge in [0, 0.05) is 10.0 Å². The number of anilines is 1. The van der Waals surface area contributed by atoms with Crippen LogP contribution < -0.4 is 5.32 Å². The molecular weight excluding hydrogens is 324 g/mol. The summed E-state index contributed by atoms with van der Waals surface area (Å²) in [6.07, 6.45) is 0. The van der Waals surface area contributed by atoms with E-state index in [-0.39, 0.29) is 17.5 Å². The largest absolute Gasteiger partial charge is 0.323 e. The highest BCUT2D eigenvalue weighted by Crippen LogP contribution is 2.28. The van der Waals surface area contributed by atoms with Gasteiger partial charge >= 0.3 is 0 Å². The summed E-state index contributed by atoms with van der Waals surface area (Å²) in [5.41, 5.74) is 0.913. The molecule has 0 radical (unpaired) electrons. The number of rotatable bonds is 4. The van der Waals surface area contributed by atoms with Gasteiger partial charge in [-0.05, 0) is 41.8 Å². The monoisotopic (exact) mass is 339 g/mol. The predicted molar refractivity (Wildman–Crippen MR) is 89.1 cm³/mol. The van der Waals surface area contributed by atoms with Crippen LogP contribution in [-0.4, -0.2) is 5.91 Å². The molecule has 0 aliphatic carbocycles. The summed E-state index contributed by atoms with van der Waals surface area (Å²) < 4.78 is 13.8. The Labute approximate surface area is 139 Å². The van der Waals surface area contributed by atoms with Gasteiger partial charge in [-0.25, -0.2) is 4.39 Å². The van der Waals surface area contributed by atoms with Gasteiger partial charge in [-0.3, -0.25) is 4.79 Å². The maximum absolute atomic E-state index is 13.8. The van der Waals surface area contributed by atoms with Crippen LogP contribution in [0.4, 0.5) is 10.1 Å². The van der Waals surface area contributed by atoms with Crippen LogP contribution in [0.15, 0.2) is 42.5 Å². The molecule has 2 aromatic rings. The fraction of sp³-hybridized carbons (Fsp3) is 0.235. The fourth-order valence-electron chi connectivity index (χ4n) is 2.31. The molecule has 116 valence electrons. The Morgan fingerprint density at radius 3 is 2.23 bits per heavy atom. The molecule has 1 atom stereocenters. The van der Waals surface area contributed by atoms with E-state index in [1.165, 1.54) is 18.2 Å². The SMILES string of the molecule is CC(C)C(C(=O)Nc1cc(Cl)ccc1F)c1ccc(Cl)cc1. The van der Waals surface area contributed by atoms with Gasteiger partial charge < -0.3 is 5.32 Å². The molecule has 0 spiro atoms. The van der Waals surface area contributed by atoms with Crippen LogP contribution in [0.5, 0.6) is 0 Å². The van der Waals surface area contributed by atoms with Crippen LogP contribution in [-0.2, 0) is 4.79 Å². The van der Waals surface area contributed by atoms with Crippen molar-refractivity contribution < 1.29 is 9.18 Å². The topological polar surface area (TPSA) is 29.1 Å². The smallest absolute Gasteiger partial charge is 0.232 e. The normalized spacial score (nSPS) is 12.3. The van der Waals surface area contributed by atoms with E-state index in [0.717, 1.165) is 5.56 Å². The molecule has 2 nitrogen and oxygen atoms in total. The molecule has 2 rings (SSSR count). The molecule has 0 saturated heterocycles. The Morgan fingerprint density at radius 1 is 1.05 bits per heavy atom. The summed E-state index contributed by atoms with van der Waals surface area (Å²) in [6.45, 7) is 3.88. The Balaban J connectivity index is 2.27. The van der Waals surface area contributed by atoms with Crippen molar-refractivity contribution in [2.24, 2.45) is 5.92 Å². The number of carbonyl (C=O) groups is 1. The lowest BCUT2D eigenvalue weighted by atomic mass is 9.87. The predicted octanol–water partition coefficient (Wildman–Crippen LogP) is 5.51. The minimum Gasteiger partial charge on any atom is -0.323 e. The standard InChI is InChI=1S/C17H16Cl2FNO/c1-10(2)16(11-3-5-12(18)6-4-11)17(22)21-15-9-13(19)7-8-14(15)20/h3-10,16H,1-2H3,(H,21,22). The first-order valence-electron chi connectivity index (χ1n) is 6.90. The van der Waals surface area contributed by atoms with Gasteiger partial charge in [0.25, 0.3) is 0 Å². The molecule has 0 aliphatic heterocycles. The number of nitrogens with one attached hydrogen (secondary N) is 1. The highest BCUT2D eigenvalue weighted by molar-refractivity contribution is 6.31. The van der Waals surface area contributed by atoms with E-state index in [4.69, 9.17) is 23.2 Å². The number of carbonyl (C=O) groups excluding carboxylic acids is 1. The van der Waals surface area contributed by atoms with Gasteiger partial charge in [-0.1, -0.05) is 49.2 Å². The third kappa shape index (κ3) is 3.99. The van der Waals surface area contributed by atoms with Crippen molar-refractivity contribution in [2.45, 2.75) is 19.8 Å². The van der Waals surface area contributed by atoms with E-state index in [1.54, 1.807) is 24.3 Å². The van der Waals surface area contributed by atoms with Gasteiger partial charge in [0.15, 0.2) is 0 Å². The third-order valence-corrected chi connectivity index (χ3v) is 3.85. The Bertz CT molecular complexity index is 671. The summed E-state index contributed by atoms with van der Waals surface area (Å²) in [5.74, 6) is -1.16. The lowest BCUT2D eigenvalue weighted by Crippen LogP contribution is -2.25. The highest BCUT2D eigenvalue weighted by Gasteiger charge is 2.25. The number of benzene rings is 2. The molecule has 1 unspecified atom stereocenters. The van der Waals surface area contributed by atoms with Crippen LogP contribution in [0.2, 0.25) is 10.0 Å². The van der Waals surface area contributed by atoms with Crippen LogP contribution in [0.25, 0.3) is 0 Å². The van der Waals surface area contributed by atoms with Crippen LogP contribution >= 0.6 is 23.2 Å². The molecule has 1 N–H and O–H groups in total. The number of hydrogen-bond acceptors (Lipinski definition) is 1. The number of halogens is 3. The Hall–Kier alpha value is -1.58. The molecule has 1 amide bonds. The van der Waals surface area contributed by atoms with Gasteiger partial charge in [-0.2, -0.15) is 0 Å². The van der Waals surface area contributed by atoms with Crippen molar-refractivity contribution in [3.8, 4) is 0 Å². The van der Waals surface area contributed by atoms with E-state index in [0.29, 0.717) is 10.0 Å². The minimum absolute atomic E-state index is 0.0448. The molecule has 5 heteroatoms. The van der Waals surface area contributed by atoms with Crippen molar-refractivity contribution in [2.75, 3.05) is 5.32 Å². The minimum atomic E-state index is -0.517. The van der Waals surface area contributed by atoms with E-state index in [1.807, 2.05) is 13.8 Å². The molecule has 0 saturated carbocycles. The average molecular weight is 340 g/mol. The van der Waals surface area contributed by atoms with Crippen molar-refractivity contribution in [3.05, 3.63) is 63.9 Å². The van der Waals surface area contributed by atoms with Gasteiger partial charge in [0.2, 0.25) is 5.91 Å². The number of amides is 1. The molecule has 0 bridgehead atoms. The molecule has 0 fully saturated rings. The van der Waals surface area contributed by atoms with E-state index < -0.39 is 11.7 Å². The molecule has 2 aromatic carbocycles. The second-order valence-corrected chi connectivity index (χ2v) is 6.26. The molecule has 0 aliphatic rings. The molecule has 0 aromatic heterocycles. The first-order valence-corrected chi connectivity index (χ1v) is 7.65. The van der Waals surface area contributed by atoms with E-state index in [9.17, 15) is 9.18 Å². The first kappa shape index (κ1) is 16.8. The number of hydrogen-bond donors (Lipinski definition) is 1. The summed E-state index contributed by atoms with van der Waals surface area (Å²) in [5, 5.41) is 3.58. The van der Waals surface area contributed by atoms with Crippen molar-refractivity contribution in [1.29, 1.82) is 0 Å². The second kappa shape index (κ2) is 7.12. The van der Waals surface area contributed by atoms with Gasteiger partial charge in [0.1, 0.15) is 5.82 Å². The van der Waals surface area contributed by atoms with Crippen molar-refractivity contribution in [1.82, 2.24) is 0 Å². The molecule has 22 heavy (non-hydrogen) atoms. The summed E-state index contributed by atoms with van der Waals surface area (Å²) >= 11 is 11.7.